The van der Waals surface area contributed by atoms with Gasteiger partial charge in [0.05, 0.1) is 0 Å². The van der Waals surface area contributed by atoms with Gasteiger partial charge in [0, 0.05) is 23.8 Å². The first-order chi connectivity index (χ1) is 10.2. The second-order valence-electron chi connectivity index (χ2n) is 7.59. The van der Waals surface area contributed by atoms with Crippen LogP contribution in [0.1, 0.15) is 63.1 Å². The van der Waals surface area contributed by atoms with Gasteiger partial charge in [0.1, 0.15) is 0 Å². The van der Waals surface area contributed by atoms with Gasteiger partial charge in [-0.15, -0.1) is 0 Å². The Balaban J connectivity index is 2.14. The minimum Gasteiger partial charge on any atom is -0.261 e. The summed E-state index contributed by atoms with van der Waals surface area (Å²) in [4.78, 5) is 8.90. The SMILES string of the molecule is Cc1ccc(C(C)(C)CCC(C)(C)c2cccnc2C)cn1. The van der Waals surface area contributed by atoms with Gasteiger partial charge in [-0.2, -0.15) is 0 Å². The molecule has 0 radical (unpaired) electrons. The van der Waals surface area contributed by atoms with Crippen molar-refractivity contribution in [3.8, 4) is 0 Å². The normalized spacial score (nSPS) is 12.5. The van der Waals surface area contributed by atoms with Crippen molar-refractivity contribution in [1.82, 2.24) is 9.97 Å². The molecule has 0 amide bonds. The van der Waals surface area contributed by atoms with E-state index in [0.717, 1.165) is 24.2 Å². The van der Waals surface area contributed by atoms with Crippen molar-refractivity contribution in [2.45, 2.75) is 65.2 Å². The van der Waals surface area contributed by atoms with Gasteiger partial charge in [-0.25, -0.2) is 0 Å². The molecule has 2 nitrogen and oxygen atoms in total. The van der Waals surface area contributed by atoms with Crippen molar-refractivity contribution in [2.24, 2.45) is 0 Å². The van der Waals surface area contributed by atoms with Crippen LogP contribution in [0.3, 0.4) is 0 Å². The van der Waals surface area contributed by atoms with Crippen molar-refractivity contribution in [3.63, 3.8) is 0 Å². The second-order valence-corrected chi connectivity index (χ2v) is 7.59. The van der Waals surface area contributed by atoms with E-state index in [0.29, 0.717) is 0 Å². The molecule has 0 saturated carbocycles. The summed E-state index contributed by atoms with van der Waals surface area (Å²) in [6, 6.07) is 8.57. The molecular weight excluding hydrogens is 268 g/mol. The fraction of sp³-hybridized carbons (Fsp3) is 0.500. The maximum Gasteiger partial charge on any atom is 0.0410 e. The Morgan fingerprint density at radius 1 is 0.864 bits per heavy atom. The Morgan fingerprint density at radius 3 is 2.14 bits per heavy atom. The maximum atomic E-state index is 4.45. The molecule has 2 heterocycles. The molecular formula is C20H28N2. The molecule has 0 aliphatic rings. The van der Waals surface area contributed by atoms with Crippen LogP contribution in [-0.4, -0.2) is 9.97 Å². The maximum absolute atomic E-state index is 4.45. The molecule has 0 aromatic carbocycles. The van der Waals surface area contributed by atoms with E-state index in [1.54, 1.807) is 0 Å². The Hall–Kier alpha value is -1.70. The van der Waals surface area contributed by atoms with Gasteiger partial charge >= 0.3 is 0 Å². The van der Waals surface area contributed by atoms with Crippen LogP contribution in [0.15, 0.2) is 36.7 Å². The van der Waals surface area contributed by atoms with Gasteiger partial charge in [0.25, 0.3) is 0 Å². The zero-order valence-corrected chi connectivity index (χ0v) is 14.8. The molecule has 0 spiro atoms. The van der Waals surface area contributed by atoms with Crippen molar-refractivity contribution in [1.29, 1.82) is 0 Å². The zero-order chi connectivity index (χ0) is 16.4. The fourth-order valence-electron chi connectivity index (χ4n) is 2.97. The fourth-order valence-corrected chi connectivity index (χ4v) is 2.97. The van der Waals surface area contributed by atoms with Crippen LogP contribution >= 0.6 is 0 Å². The topological polar surface area (TPSA) is 25.8 Å². The lowest BCUT2D eigenvalue weighted by atomic mass is 9.73. The Labute approximate surface area is 135 Å². The molecule has 0 saturated heterocycles. The molecule has 2 rings (SSSR count). The molecule has 0 aliphatic heterocycles. The van der Waals surface area contributed by atoms with E-state index in [1.807, 2.05) is 25.4 Å². The van der Waals surface area contributed by atoms with Gasteiger partial charge in [-0.1, -0.05) is 39.8 Å². The highest BCUT2D eigenvalue weighted by atomic mass is 14.7. The predicted octanol–water partition coefficient (Wildman–Crippen LogP) is 5.13. The summed E-state index contributed by atoms with van der Waals surface area (Å²) in [5, 5.41) is 0. The molecule has 2 aromatic rings. The van der Waals surface area contributed by atoms with Crippen molar-refractivity contribution in [2.75, 3.05) is 0 Å². The standard InChI is InChI=1S/C20H28N2/c1-15-9-10-17(14-22-15)19(3,4)11-12-20(5,6)18-8-7-13-21-16(18)2/h7-10,13-14H,11-12H2,1-6H3. The smallest absolute Gasteiger partial charge is 0.0410 e. The minimum absolute atomic E-state index is 0.133. The first-order valence-electron chi connectivity index (χ1n) is 8.08. The zero-order valence-electron chi connectivity index (χ0n) is 14.8. The molecule has 2 heteroatoms. The number of aryl methyl sites for hydroxylation is 2. The highest BCUT2D eigenvalue weighted by Crippen LogP contribution is 2.36. The molecule has 0 aliphatic carbocycles. The Bertz CT molecular complexity index is 624. The number of hydrogen-bond donors (Lipinski definition) is 0. The highest BCUT2D eigenvalue weighted by molar-refractivity contribution is 5.28. The summed E-state index contributed by atoms with van der Waals surface area (Å²) in [5.41, 5.74) is 5.15. The number of rotatable bonds is 5. The van der Waals surface area contributed by atoms with Crippen LogP contribution < -0.4 is 0 Å². The predicted molar refractivity (Wildman–Crippen MR) is 93.2 cm³/mol. The minimum atomic E-state index is 0.133. The first kappa shape index (κ1) is 16.7. The van der Waals surface area contributed by atoms with Crippen LogP contribution in [-0.2, 0) is 10.8 Å². The van der Waals surface area contributed by atoms with E-state index in [-0.39, 0.29) is 10.8 Å². The van der Waals surface area contributed by atoms with Crippen LogP contribution in [0.5, 0.6) is 0 Å². The van der Waals surface area contributed by atoms with Crippen molar-refractivity contribution < 1.29 is 0 Å². The third-order valence-corrected chi connectivity index (χ3v) is 4.80. The van der Waals surface area contributed by atoms with E-state index < -0.39 is 0 Å². The van der Waals surface area contributed by atoms with E-state index in [1.165, 1.54) is 11.1 Å². The van der Waals surface area contributed by atoms with E-state index in [2.05, 4.69) is 62.8 Å². The summed E-state index contributed by atoms with van der Waals surface area (Å²) >= 11 is 0. The first-order valence-corrected chi connectivity index (χ1v) is 8.08. The monoisotopic (exact) mass is 296 g/mol. The van der Waals surface area contributed by atoms with E-state index in [9.17, 15) is 0 Å². The van der Waals surface area contributed by atoms with E-state index >= 15 is 0 Å². The number of aromatic nitrogens is 2. The third kappa shape index (κ3) is 3.73. The van der Waals surface area contributed by atoms with Gasteiger partial charge in [0.2, 0.25) is 0 Å². The van der Waals surface area contributed by atoms with Crippen molar-refractivity contribution >= 4 is 0 Å². The summed E-state index contributed by atoms with van der Waals surface area (Å²) < 4.78 is 0. The summed E-state index contributed by atoms with van der Waals surface area (Å²) in [6.07, 6.45) is 6.15. The molecule has 2 aromatic heterocycles. The van der Waals surface area contributed by atoms with Crippen LogP contribution in [0.4, 0.5) is 0 Å². The van der Waals surface area contributed by atoms with Crippen LogP contribution in [0.2, 0.25) is 0 Å². The van der Waals surface area contributed by atoms with Crippen LogP contribution in [0.25, 0.3) is 0 Å². The quantitative estimate of drug-likeness (QED) is 0.764. The molecule has 0 unspecified atom stereocenters. The number of pyridine rings is 2. The summed E-state index contributed by atoms with van der Waals surface area (Å²) in [6.45, 7) is 13.4. The molecule has 0 bridgehead atoms. The second kappa shape index (κ2) is 6.20. The van der Waals surface area contributed by atoms with Gasteiger partial charge < -0.3 is 0 Å². The average molecular weight is 296 g/mol. The lowest BCUT2D eigenvalue weighted by molar-refractivity contribution is 0.372. The Kier molecular flexibility index (Phi) is 4.69. The Morgan fingerprint density at radius 2 is 1.55 bits per heavy atom. The van der Waals surface area contributed by atoms with Gasteiger partial charge in [-0.05, 0) is 60.8 Å². The van der Waals surface area contributed by atoms with Gasteiger partial charge in [-0.3, -0.25) is 9.97 Å². The van der Waals surface area contributed by atoms with E-state index in [4.69, 9.17) is 0 Å². The summed E-state index contributed by atoms with van der Waals surface area (Å²) in [5.74, 6) is 0. The van der Waals surface area contributed by atoms with Crippen LogP contribution in [0, 0.1) is 13.8 Å². The molecule has 0 N–H and O–H groups in total. The lowest BCUT2D eigenvalue weighted by Gasteiger charge is -2.32. The van der Waals surface area contributed by atoms with Gasteiger partial charge in [0.15, 0.2) is 0 Å². The molecule has 0 fully saturated rings. The molecule has 118 valence electrons. The molecule has 22 heavy (non-hydrogen) atoms. The summed E-state index contributed by atoms with van der Waals surface area (Å²) in [7, 11) is 0. The highest BCUT2D eigenvalue weighted by Gasteiger charge is 2.28. The molecule has 0 atom stereocenters. The third-order valence-electron chi connectivity index (χ3n) is 4.80. The lowest BCUT2D eigenvalue weighted by Crippen LogP contribution is -2.25. The number of hydrogen-bond acceptors (Lipinski definition) is 2. The average Bonchev–Trinajstić information content (AvgIpc) is 2.46. The number of nitrogens with zero attached hydrogens (tertiary/aromatic N) is 2. The van der Waals surface area contributed by atoms with Crippen molar-refractivity contribution in [3.05, 3.63) is 59.2 Å². The largest absolute Gasteiger partial charge is 0.261 e.